The van der Waals surface area contributed by atoms with Gasteiger partial charge in [0.2, 0.25) is 0 Å². The second kappa shape index (κ2) is 7.22. The van der Waals surface area contributed by atoms with Crippen LogP contribution in [0.3, 0.4) is 0 Å². The highest BCUT2D eigenvalue weighted by molar-refractivity contribution is 6.95. The summed E-state index contributed by atoms with van der Waals surface area (Å²) in [4.78, 5) is 3.64. The highest BCUT2D eigenvalue weighted by Crippen LogP contribution is 2.34. The predicted octanol–water partition coefficient (Wildman–Crippen LogP) is 5.74. The number of benzene rings is 5. The van der Waals surface area contributed by atoms with Crippen LogP contribution >= 0.6 is 0 Å². The molecule has 0 unspecified atom stereocenters. The van der Waals surface area contributed by atoms with Crippen molar-refractivity contribution in [2.24, 2.45) is 0 Å². The van der Waals surface area contributed by atoms with Crippen LogP contribution in [-0.2, 0) is 0 Å². The Bertz CT molecular complexity index is 1720. The third-order valence-electron chi connectivity index (χ3n) is 6.51. The molecule has 33 heavy (non-hydrogen) atoms. The van der Waals surface area contributed by atoms with Crippen LogP contribution < -0.4 is 15.6 Å². The van der Waals surface area contributed by atoms with Gasteiger partial charge >= 0.3 is 0 Å². The van der Waals surface area contributed by atoms with E-state index in [4.69, 9.17) is 4.42 Å². The highest BCUT2D eigenvalue weighted by Gasteiger charge is 2.20. The third kappa shape index (κ3) is 2.94. The molecule has 0 aliphatic carbocycles. The molecule has 0 aliphatic heterocycles. The summed E-state index contributed by atoms with van der Waals surface area (Å²) in [6.07, 6.45) is 0. The normalized spacial score (nSPS) is 11.9. The van der Waals surface area contributed by atoms with E-state index in [0.717, 1.165) is 33.0 Å². The zero-order valence-electron chi connectivity index (χ0n) is 17.9. The second-order valence-corrected chi connectivity index (χ2v) is 11.0. The lowest BCUT2D eigenvalue weighted by Gasteiger charge is -2.16. The number of aromatic amines is 1. The molecule has 3 heteroatoms. The van der Waals surface area contributed by atoms with E-state index in [1.54, 1.807) is 0 Å². The molecule has 0 saturated carbocycles. The molecule has 5 aromatic carbocycles. The Morgan fingerprint density at radius 2 is 1.12 bits per heavy atom. The topological polar surface area (TPSA) is 28.9 Å². The SMILES string of the molecule is c1ccc([Si](c2ccccc2)c2ccc3[nH]c4cc5c(cc4c3c2)oc2ccccc25)cc1. The van der Waals surface area contributed by atoms with Crippen LogP contribution in [0.1, 0.15) is 0 Å². The monoisotopic (exact) mass is 438 g/mol. The Balaban J connectivity index is 1.47. The molecule has 0 fully saturated rings. The van der Waals surface area contributed by atoms with Crippen LogP contribution in [0.5, 0.6) is 0 Å². The summed E-state index contributed by atoms with van der Waals surface area (Å²) in [5.41, 5.74) is 4.18. The molecule has 0 amide bonds. The Hall–Kier alpha value is -4.08. The van der Waals surface area contributed by atoms with Crippen LogP contribution in [0.2, 0.25) is 0 Å². The Kier molecular flexibility index (Phi) is 4.05. The molecule has 1 radical (unpaired) electrons. The number of hydrogen-bond acceptors (Lipinski definition) is 1. The summed E-state index contributed by atoms with van der Waals surface area (Å²) >= 11 is 0. The molecule has 1 N–H and O–H groups in total. The van der Waals surface area contributed by atoms with Crippen molar-refractivity contribution in [3.63, 3.8) is 0 Å². The molecule has 0 spiro atoms. The van der Waals surface area contributed by atoms with Crippen LogP contribution in [0.15, 0.2) is 120 Å². The molecule has 7 aromatic rings. The molecule has 0 saturated heterocycles. The largest absolute Gasteiger partial charge is 0.456 e. The summed E-state index contributed by atoms with van der Waals surface area (Å²) in [7, 11) is -1.11. The number of fused-ring (bicyclic) bond motifs is 6. The first-order valence-electron chi connectivity index (χ1n) is 11.2. The van der Waals surface area contributed by atoms with Gasteiger partial charge in [0.05, 0.1) is 0 Å². The number of aromatic nitrogens is 1. The molecule has 2 aromatic heterocycles. The van der Waals surface area contributed by atoms with Crippen molar-refractivity contribution >= 4 is 68.1 Å². The van der Waals surface area contributed by atoms with E-state index in [2.05, 4.69) is 108 Å². The number of hydrogen-bond donors (Lipinski definition) is 1. The van der Waals surface area contributed by atoms with Gasteiger partial charge in [-0.2, -0.15) is 0 Å². The Labute approximate surface area is 192 Å². The van der Waals surface area contributed by atoms with E-state index >= 15 is 0 Å². The summed E-state index contributed by atoms with van der Waals surface area (Å²) in [6, 6.07) is 41.4. The zero-order valence-corrected chi connectivity index (χ0v) is 18.9. The van der Waals surface area contributed by atoms with Gasteiger partial charge in [0.1, 0.15) is 11.2 Å². The average molecular weight is 439 g/mol. The maximum Gasteiger partial charge on any atom is 0.154 e. The van der Waals surface area contributed by atoms with E-state index in [1.165, 1.54) is 26.3 Å². The second-order valence-electron chi connectivity index (χ2n) is 8.48. The fourth-order valence-corrected chi connectivity index (χ4v) is 7.57. The summed E-state index contributed by atoms with van der Waals surface area (Å²) in [5.74, 6) is 0. The van der Waals surface area contributed by atoms with Gasteiger partial charge in [-0.05, 0) is 29.5 Å². The third-order valence-corrected chi connectivity index (χ3v) is 9.22. The molecular formula is C30H20NOSi. The Morgan fingerprint density at radius 3 is 1.88 bits per heavy atom. The average Bonchev–Trinajstić information content (AvgIpc) is 3.41. The predicted molar refractivity (Wildman–Crippen MR) is 141 cm³/mol. The number of H-pyrrole nitrogens is 1. The van der Waals surface area contributed by atoms with Gasteiger partial charge in [-0.1, -0.05) is 101 Å². The van der Waals surface area contributed by atoms with Gasteiger partial charge in [-0.15, -0.1) is 0 Å². The van der Waals surface area contributed by atoms with Crippen molar-refractivity contribution < 1.29 is 4.42 Å². The van der Waals surface area contributed by atoms with E-state index in [0.29, 0.717) is 0 Å². The zero-order chi connectivity index (χ0) is 21.8. The van der Waals surface area contributed by atoms with Crippen LogP contribution in [0.4, 0.5) is 0 Å². The number of rotatable bonds is 3. The lowest BCUT2D eigenvalue weighted by Crippen LogP contribution is -2.51. The van der Waals surface area contributed by atoms with Crippen molar-refractivity contribution in [3.05, 3.63) is 115 Å². The van der Waals surface area contributed by atoms with Gasteiger partial charge in [0.25, 0.3) is 0 Å². The van der Waals surface area contributed by atoms with E-state index in [9.17, 15) is 0 Å². The van der Waals surface area contributed by atoms with E-state index in [-0.39, 0.29) is 0 Å². The van der Waals surface area contributed by atoms with Gasteiger partial charge in [-0.3, -0.25) is 0 Å². The summed E-state index contributed by atoms with van der Waals surface area (Å²) in [6.45, 7) is 0. The number of nitrogens with one attached hydrogen (secondary N) is 1. The maximum absolute atomic E-state index is 6.19. The quantitative estimate of drug-likeness (QED) is 0.277. The fourth-order valence-electron chi connectivity index (χ4n) is 4.98. The molecule has 0 aliphatic rings. The van der Waals surface area contributed by atoms with Crippen molar-refractivity contribution in [1.82, 2.24) is 4.98 Å². The van der Waals surface area contributed by atoms with Crippen LogP contribution in [-0.4, -0.2) is 13.8 Å². The smallest absolute Gasteiger partial charge is 0.154 e. The first-order valence-corrected chi connectivity index (χ1v) is 12.7. The van der Waals surface area contributed by atoms with Crippen molar-refractivity contribution in [2.45, 2.75) is 0 Å². The minimum absolute atomic E-state index is 0.934. The standard InChI is InChI=1S/C30H20NOSi/c1-3-9-20(10-4-1)33(21-11-5-2-6-12-21)22-15-16-27-24(17-22)25-19-30-26(18-28(25)31-27)23-13-7-8-14-29(23)32-30/h1-19,31H. The molecule has 0 atom stereocenters. The van der Waals surface area contributed by atoms with E-state index < -0.39 is 8.80 Å². The minimum Gasteiger partial charge on any atom is -0.456 e. The van der Waals surface area contributed by atoms with Crippen molar-refractivity contribution in [3.8, 4) is 0 Å². The van der Waals surface area contributed by atoms with Gasteiger partial charge in [0.15, 0.2) is 8.80 Å². The molecule has 7 rings (SSSR count). The number of para-hydroxylation sites is 1. The molecule has 155 valence electrons. The number of furan rings is 1. The molecular weight excluding hydrogens is 418 g/mol. The lowest BCUT2D eigenvalue weighted by molar-refractivity contribution is 0.669. The molecule has 2 heterocycles. The van der Waals surface area contributed by atoms with Crippen molar-refractivity contribution in [1.29, 1.82) is 0 Å². The molecule has 0 bridgehead atoms. The van der Waals surface area contributed by atoms with E-state index in [1.807, 2.05) is 12.1 Å². The minimum atomic E-state index is -1.11. The van der Waals surface area contributed by atoms with Crippen LogP contribution in [0.25, 0.3) is 43.7 Å². The van der Waals surface area contributed by atoms with Gasteiger partial charge in [-0.25, -0.2) is 0 Å². The maximum atomic E-state index is 6.19. The lowest BCUT2D eigenvalue weighted by atomic mass is 10.1. The van der Waals surface area contributed by atoms with Gasteiger partial charge in [0, 0.05) is 32.6 Å². The summed E-state index contributed by atoms with van der Waals surface area (Å²) < 4.78 is 6.19. The first-order chi connectivity index (χ1) is 16.3. The highest BCUT2D eigenvalue weighted by atomic mass is 28.3. The van der Waals surface area contributed by atoms with Crippen molar-refractivity contribution in [2.75, 3.05) is 0 Å². The van der Waals surface area contributed by atoms with Crippen LogP contribution in [0, 0.1) is 0 Å². The fraction of sp³-hybridized carbons (Fsp3) is 0. The Morgan fingerprint density at radius 1 is 0.455 bits per heavy atom. The molecule has 2 nitrogen and oxygen atoms in total. The first kappa shape index (κ1) is 18.5. The van der Waals surface area contributed by atoms with Gasteiger partial charge < -0.3 is 9.40 Å². The summed E-state index contributed by atoms with van der Waals surface area (Å²) in [5, 5.41) is 8.95.